The number of rotatable bonds is 5. The second-order valence-corrected chi connectivity index (χ2v) is 9.39. The summed E-state index contributed by atoms with van der Waals surface area (Å²) in [5.41, 5.74) is -2.76. The van der Waals surface area contributed by atoms with Gasteiger partial charge in [-0.3, -0.25) is 4.79 Å². The highest BCUT2D eigenvalue weighted by atomic mass is 35.5. The molecule has 1 aliphatic rings. The van der Waals surface area contributed by atoms with Gasteiger partial charge in [0.25, 0.3) is 0 Å². The number of halogens is 4. The van der Waals surface area contributed by atoms with Crippen LogP contribution in [0, 0.1) is 0 Å². The molecule has 1 aliphatic heterocycles. The Kier molecular flexibility index (Phi) is 5.54. The van der Waals surface area contributed by atoms with Crippen LogP contribution in [0.25, 0.3) is 10.9 Å². The van der Waals surface area contributed by atoms with Gasteiger partial charge in [-0.05, 0) is 41.7 Å². The summed E-state index contributed by atoms with van der Waals surface area (Å²) in [5.74, 6) is 0.540. The van der Waals surface area contributed by atoms with E-state index in [1.807, 2.05) is 0 Å². The first kappa shape index (κ1) is 22.7. The molecule has 1 atom stereocenters. The molecule has 0 amide bonds. The van der Waals surface area contributed by atoms with E-state index < -0.39 is 30.2 Å². The molecule has 0 aliphatic carbocycles. The van der Waals surface area contributed by atoms with Crippen LogP contribution in [0.4, 0.5) is 13.2 Å². The van der Waals surface area contributed by atoms with E-state index in [-0.39, 0.29) is 5.43 Å². The number of aliphatic hydroxyl groups is 1. The summed E-state index contributed by atoms with van der Waals surface area (Å²) in [7, 11) is 0. The van der Waals surface area contributed by atoms with Gasteiger partial charge in [-0.15, -0.1) is 0 Å². The van der Waals surface area contributed by atoms with Crippen molar-refractivity contribution in [1.82, 2.24) is 4.57 Å². The zero-order valence-corrected chi connectivity index (χ0v) is 18.4. The molecular weight excluding hydrogens is 443 g/mol. The van der Waals surface area contributed by atoms with Crippen molar-refractivity contribution in [3.63, 3.8) is 0 Å². The Bertz CT molecular complexity index is 1240. The van der Waals surface area contributed by atoms with Crippen LogP contribution in [0.2, 0.25) is 5.02 Å². The summed E-state index contributed by atoms with van der Waals surface area (Å²) in [6.45, 7) is 2.96. The van der Waals surface area contributed by atoms with Gasteiger partial charge in [-0.25, -0.2) is 0 Å². The smallest absolute Gasteiger partial charge is 0.418 e. The third-order valence-corrected chi connectivity index (χ3v) is 6.27. The molecule has 0 spiro atoms. The Morgan fingerprint density at radius 1 is 1.16 bits per heavy atom. The molecule has 4 nitrogen and oxygen atoms in total. The van der Waals surface area contributed by atoms with Crippen molar-refractivity contribution < 1.29 is 23.0 Å². The minimum absolute atomic E-state index is 0.292. The fourth-order valence-corrected chi connectivity index (χ4v) is 4.76. The number of aromatic nitrogens is 1. The van der Waals surface area contributed by atoms with Gasteiger partial charge < -0.3 is 14.4 Å². The van der Waals surface area contributed by atoms with Gasteiger partial charge in [0, 0.05) is 34.7 Å². The molecule has 8 heteroatoms. The van der Waals surface area contributed by atoms with Crippen LogP contribution >= 0.6 is 11.6 Å². The van der Waals surface area contributed by atoms with Crippen LogP contribution in [-0.4, -0.2) is 28.1 Å². The van der Waals surface area contributed by atoms with Gasteiger partial charge >= 0.3 is 6.18 Å². The van der Waals surface area contributed by atoms with E-state index >= 15 is 0 Å². The standard InChI is InChI=1S/C24H23ClF3NO3/c1-22(2,18-12-16(25)11-15-8-10-32-21(15)18)13-23(31,24(26,27)28)14-29-9-7-20(30)17-5-3-4-6-19(17)29/h3-7,9,11-12,31H,8,10,13-14H2,1-2H3. The summed E-state index contributed by atoms with van der Waals surface area (Å²) in [5, 5.41) is 11.8. The van der Waals surface area contributed by atoms with E-state index in [9.17, 15) is 23.1 Å². The average molecular weight is 466 g/mol. The highest BCUT2D eigenvalue weighted by molar-refractivity contribution is 6.30. The van der Waals surface area contributed by atoms with Crippen LogP contribution in [0.3, 0.4) is 0 Å². The summed E-state index contributed by atoms with van der Waals surface area (Å²) in [4.78, 5) is 12.1. The molecule has 1 aromatic heterocycles. The van der Waals surface area contributed by atoms with Gasteiger partial charge in [0.2, 0.25) is 0 Å². The van der Waals surface area contributed by atoms with E-state index in [2.05, 4.69) is 0 Å². The van der Waals surface area contributed by atoms with E-state index in [1.165, 1.54) is 16.8 Å². The van der Waals surface area contributed by atoms with Crippen LogP contribution in [0.1, 0.15) is 31.4 Å². The van der Waals surface area contributed by atoms with E-state index in [4.69, 9.17) is 16.3 Å². The molecule has 1 unspecified atom stereocenters. The number of benzene rings is 2. The fourth-order valence-electron chi connectivity index (χ4n) is 4.52. The minimum atomic E-state index is -4.92. The number of pyridine rings is 1. The van der Waals surface area contributed by atoms with Gasteiger partial charge in [0.05, 0.1) is 18.7 Å². The van der Waals surface area contributed by atoms with E-state index in [1.54, 1.807) is 50.2 Å². The first-order valence-electron chi connectivity index (χ1n) is 10.2. The Hall–Kier alpha value is -2.51. The van der Waals surface area contributed by atoms with Crippen molar-refractivity contribution in [3.05, 3.63) is 75.0 Å². The molecule has 0 radical (unpaired) electrons. The quantitative estimate of drug-likeness (QED) is 0.560. The topological polar surface area (TPSA) is 51.5 Å². The van der Waals surface area contributed by atoms with Gasteiger partial charge in [0.1, 0.15) is 5.75 Å². The zero-order chi connectivity index (χ0) is 23.3. The minimum Gasteiger partial charge on any atom is -0.493 e. The van der Waals surface area contributed by atoms with Gasteiger partial charge in [0.15, 0.2) is 11.0 Å². The first-order valence-corrected chi connectivity index (χ1v) is 10.6. The molecule has 2 heterocycles. The Balaban J connectivity index is 1.77. The van der Waals surface area contributed by atoms with Crippen molar-refractivity contribution >= 4 is 22.5 Å². The van der Waals surface area contributed by atoms with Crippen LogP contribution in [0.15, 0.2) is 53.5 Å². The second kappa shape index (κ2) is 7.81. The predicted octanol–water partition coefficient (Wildman–Crippen LogP) is 5.25. The third-order valence-electron chi connectivity index (χ3n) is 6.06. The molecule has 0 saturated carbocycles. The number of fused-ring (bicyclic) bond motifs is 2. The maximum atomic E-state index is 14.3. The van der Waals surface area contributed by atoms with Crippen LogP contribution in [0.5, 0.6) is 5.75 Å². The zero-order valence-electron chi connectivity index (χ0n) is 17.7. The van der Waals surface area contributed by atoms with Gasteiger partial charge in [-0.2, -0.15) is 13.2 Å². The molecule has 32 heavy (non-hydrogen) atoms. The SMILES string of the molecule is CC(C)(CC(O)(Cn1ccc(=O)c2ccccc21)C(F)(F)F)c1cc(Cl)cc2c1OCC2. The summed E-state index contributed by atoms with van der Waals surface area (Å²) >= 11 is 6.23. The van der Waals surface area contributed by atoms with E-state index in [0.29, 0.717) is 40.3 Å². The molecule has 0 saturated heterocycles. The first-order chi connectivity index (χ1) is 14.9. The number of alkyl halides is 3. The molecule has 1 N–H and O–H groups in total. The van der Waals surface area contributed by atoms with Crippen molar-refractivity contribution in [3.8, 4) is 5.75 Å². The molecule has 170 valence electrons. The highest BCUT2D eigenvalue weighted by Crippen LogP contribution is 2.47. The molecule has 3 aromatic rings. The maximum Gasteiger partial charge on any atom is 0.418 e. The highest BCUT2D eigenvalue weighted by Gasteiger charge is 2.56. The Labute approximate surface area is 188 Å². The van der Waals surface area contributed by atoms with Crippen molar-refractivity contribution in [1.29, 1.82) is 0 Å². The molecule has 4 rings (SSSR count). The van der Waals surface area contributed by atoms with Crippen LogP contribution in [-0.2, 0) is 18.4 Å². The van der Waals surface area contributed by atoms with E-state index in [0.717, 1.165) is 5.56 Å². The molecule has 0 bridgehead atoms. The fraction of sp³-hybridized carbons (Fsp3) is 0.375. The Morgan fingerprint density at radius 3 is 2.59 bits per heavy atom. The second-order valence-electron chi connectivity index (χ2n) is 8.96. The number of para-hydroxylation sites is 1. The van der Waals surface area contributed by atoms with Crippen molar-refractivity contribution in [2.45, 2.75) is 50.4 Å². The maximum absolute atomic E-state index is 14.3. The third kappa shape index (κ3) is 3.99. The molecule has 2 aromatic carbocycles. The lowest BCUT2D eigenvalue weighted by Gasteiger charge is -2.39. The summed E-state index contributed by atoms with van der Waals surface area (Å²) in [6.07, 6.45) is -3.63. The largest absolute Gasteiger partial charge is 0.493 e. The van der Waals surface area contributed by atoms with Gasteiger partial charge in [-0.1, -0.05) is 37.6 Å². The monoisotopic (exact) mass is 465 g/mol. The summed E-state index contributed by atoms with van der Waals surface area (Å²) < 4.78 is 49.8. The van der Waals surface area contributed by atoms with Crippen LogP contribution < -0.4 is 10.2 Å². The normalized spacial score (nSPS) is 16.0. The lowest BCUT2D eigenvalue weighted by molar-refractivity contribution is -0.271. The number of hydrogen-bond acceptors (Lipinski definition) is 3. The number of ether oxygens (including phenoxy) is 1. The summed E-state index contributed by atoms with van der Waals surface area (Å²) in [6, 6.07) is 11.0. The average Bonchev–Trinajstić information content (AvgIpc) is 3.16. The Morgan fingerprint density at radius 2 is 1.88 bits per heavy atom. The van der Waals surface area contributed by atoms with Crippen molar-refractivity contribution in [2.24, 2.45) is 0 Å². The lowest BCUT2D eigenvalue weighted by Crippen LogP contribution is -2.52. The predicted molar refractivity (Wildman–Crippen MR) is 118 cm³/mol. The van der Waals surface area contributed by atoms with Crippen molar-refractivity contribution in [2.75, 3.05) is 6.61 Å². The number of hydrogen-bond donors (Lipinski definition) is 1. The lowest BCUT2D eigenvalue weighted by atomic mass is 9.74. The molecule has 0 fully saturated rings. The molecular formula is C24H23ClF3NO3. The number of nitrogens with zero attached hydrogens (tertiary/aromatic N) is 1.